The Morgan fingerprint density at radius 1 is 1.22 bits per heavy atom. The van der Waals surface area contributed by atoms with Gasteiger partial charge in [0.2, 0.25) is 0 Å². The molecule has 1 heterocycles. The molecule has 2 N–H and O–H groups in total. The van der Waals surface area contributed by atoms with Crippen molar-refractivity contribution in [1.82, 2.24) is 10.3 Å². The van der Waals surface area contributed by atoms with E-state index in [2.05, 4.69) is 23.3 Å². The Morgan fingerprint density at radius 2 is 1.94 bits per heavy atom. The Hall–Kier alpha value is -1.87. The lowest BCUT2D eigenvalue weighted by molar-refractivity contribution is 0.475. The Bertz CT molecular complexity index is 508. The second-order valence-electron chi connectivity index (χ2n) is 4.44. The molecule has 0 saturated carbocycles. The van der Waals surface area contributed by atoms with E-state index in [4.69, 9.17) is 0 Å². The number of phenolic OH excluding ortho intramolecular Hbond substituents is 1. The van der Waals surface area contributed by atoms with E-state index in [0.29, 0.717) is 5.75 Å². The van der Waals surface area contributed by atoms with Gasteiger partial charge < -0.3 is 10.4 Å². The van der Waals surface area contributed by atoms with Crippen molar-refractivity contribution in [3.05, 3.63) is 59.4 Å². The number of nitrogens with zero attached hydrogens (tertiary/aromatic N) is 1. The third-order valence-electron chi connectivity index (χ3n) is 3.16. The van der Waals surface area contributed by atoms with Gasteiger partial charge >= 0.3 is 0 Å². The van der Waals surface area contributed by atoms with Crippen LogP contribution >= 0.6 is 0 Å². The summed E-state index contributed by atoms with van der Waals surface area (Å²) in [5.41, 5.74) is 3.65. The van der Waals surface area contributed by atoms with Crippen LogP contribution in [0, 0.1) is 6.92 Å². The lowest BCUT2D eigenvalue weighted by Gasteiger charge is -2.18. The first kappa shape index (κ1) is 12.6. The SMILES string of the molecule is CNC(Cc1ccc(O)cc1)c1ccncc1C. The number of pyridine rings is 1. The highest BCUT2D eigenvalue weighted by atomic mass is 16.3. The first-order chi connectivity index (χ1) is 8.70. The fraction of sp³-hybridized carbons (Fsp3) is 0.267. The topological polar surface area (TPSA) is 45.1 Å². The maximum absolute atomic E-state index is 9.29. The van der Waals surface area contributed by atoms with Gasteiger partial charge in [0.1, 0.15) is 5.75 Å². The van der Waals surface area contributed by atoms with Crippen molar-refractivity contribution in [2.24, 2.45) is 0 Å². The fourth-order valence-corrected chi connectivity index (χ4v) is 2.11. The quantitative estimate of drug-likeness (QED) is 0.866. The number of benzene rings is 1. The Morgan fingerprint density at radius 3 is 2.56 bits per heavy atom. The Balaban J connectivity index is 2.20. The highest BCUT2D eigenvalue weighted by Gasteiger charge is 2.12. The normalized spacial score (nSPS) is 12.3. The van der Waals surface area contributed by atoms with E-state index < -0.39 is 0 Å². The van der Waals surface area contributed by atoms with Crippen molar-refractivity contribution < 1.29 is 5.11 Å². The monoisotopic (exact) mass is 242 g/mol. The molecule has 1 atom stereocenters. The molecule has 1 aromatic carbocycles. The number of hydrogen-bond acceptors (Lipinski definition) is 3. The minimum atomic E-state index is 0.262. The van der Waals surface area contributed by atoms with E-state index in [0.717, 1.165) is 6.42 Å². The second-order valence-corrected chi connectivity index (χ2v) is 4.44. The number of rotatable bonds is 4. The van der Waals surface area contributed by atoms with Crippen molar-refractivity contribution in [2.75, 3.05) is 7.05 Å². The van der Waals surface area contributed by atoms with Crippen LogP contribution in [0.2, 0.25) is 0 Å². The highest BCUT2D eigenvalue weighted by molar-refractivity contribution is 5.30. The molecule has 0 aliphatic rings. The Labute approximate surface area is 108 Å². The summed E-state index contributed by atoms with van der Waals surface area (Å²) in [6.45, 7) is 2.07. The maximum Gasteiger partial charge on any atom is 0.115 e. The summed E-state index contributed by atoms with van der Waals surface area (Å²) in [5.74, 6) is 0.305. The van der Waals surface area contributed by atoms with Crippen LogP contribution in [0.15, 0.2) is 42.7 Å². The van der Waals surface area contributed by atoms with Gasteiger partial charge in [0.05, 0.1) is 0 Å². The molecule has 0 spiro atoms. The smallest absolute Gasteiger partial charge is 0.115 e. The summed E-state index contributed by atoms with van der Waals surface area (Å²) in [7, 11) is 1.96. The molecule has 18 heavy (non-hydrogen) atoms. The number of aryl methyl sites for hydroxylation is 1. The fourth-order valence-electron chi connectivity index (χ4n) is 2.11. The van der Waals surface area contributed by atoms with E-state index in [-0.39, 0.29) is 6.04 Å². The van der Waals surface area contributed by atoms with Crippen LogP contribution in [-0.2, 0) is 6.42 Å². The maximum atomic E-state index is 9.29. The average Bonchev–Trinajstić information content (AvgIpc) is 2.39. The zero-order chi connectivity index (χ0) is 13.0. The molecule has 2 rings (SSSR count). The standard InChI is InChI=1S/C15H18N2O/c1-11-10-17-8-7-14(11)15(16-2)9-12-3-5-13(18)6-4-12/h3-8,10,15-16,18H,9H2,1-2H3. The van der Waals surface area contributed by atoms with E-state index in [1.165, 1.54) is 16.7 Å². The van der Waals surface area contributed by atoms with Crippen LogP contribution in [0.1, 0.15) is 22.7 Å². The second kappa shape index (κ2) is 5.65. The van der Waals surface area contributed by atoms with Crippen molar-refractivity contribution in [3.8, 4) is 5.75 Å². The number of likely N-dealkylation sites (N-methyl/N-ethyl adjacent to an activating group) is 1. The molecule has 3 heteroatoms. The summed E-state index contributed by atoms with van der Waals surface area (Å²) in [4.78, 5) is 4.12. The van der Waals surface area contributed by atoms with Gasteiger partial charge in [-0.15, -0.1) is 0 Å². The molecule has 1 unspecified atom stereocenters. The number of nitrogens with one attached hydrogen (secondary N) is 1. The third-order valence-corrected chi connectivity index (χ3v) is 3.16. The van der Waals surface area contributed by atoms with Crippen LogP contribution in [-0.4, -0.2) is 17.1 Å². The zero-order valence-corrected chi connectivity index (χ0v) is 10.7. The molecule has 1 aromatic heterocycles. The van der Waals surface area contributed by atoms with E-state index in [1.807, 2.05) is 31.6 Å². The number of hydrogen-bond donors (Lipinski definition) is 2. The predicted octanol–water partition coefficient (Wildman–Crippen LogP) is 2.60. The minimum Gasteiger partial charge on any atom is -0.508 e. The van der Waals surface area contributed by atoms with Gasteiger partial charge in [0, 0.05) is 18.4 Å². The molecule has 0 amide bonds. The molecule has 0 aliphatic heterocycles. The van der Waals surface area contributed by atoms with Gasteiger partial charge in [-0.05, 0) is 55.3 Å². The first-order valence-electron chi connectivity index (χ1n) is 6.06. The molecular formula is C15H18N2O. The molecule has 0 aliphatic carbocycles. The van der Waals surface area contributed by atoms with Crippen LogP contribution in [0.4, 0.5) is 0 Å². The van der Waals surface area contributed by atoms with Crippen LogP contribution in [0.25, 0.3) is 0 Å². The molecule has 3 nitrogen and oxygen atoms in total. The van der Waals surface area contributed by atoms with Gasteiger partial charge in [-0.3, -0.25) is 4.98 Å². The summed E-state index contributed by atoms with van der Waals surface area (Å²) in [5, 5.41) is 12.6. The molecular weight excluding hydrogens is 224 g/mol. The van der Waals surface area contributed by atoms with Gasteiger partial charge in [-0.1, -0.05) is 12.1 Å². The molecule has 0 radical (unpaired) electrons. The summed E-state index contributed by atoms with van der Waals surface area (Å²) < 4.78 is 0. The number of aromatic nitrogens is 1. The first-order valence-corrected chi connectivity index (χ1v) is 6.06. The lowest BCUT2D eigenvalue weighted by atomic mass is 9.97. The van der Waals surface area contributed by atoms with Crippen LogP contribution < -0.4 is 5.32 Å². The van der Waals surface area contributed by atoms with Gasteiger partial charge in [0.25, 0.3) is 0 Å². The summed E-state index contributed by atoms with van der Waals surface area (Å²) in [6.07, 6.45) is 4.60. The summed E-state index contributed by atoms with van der Waals surface area (Å²) in [6, 6.07) is 9.67. The molecule has 0 fully saturated rings. The molecule has 94 valence electrons. The number of aromatic hydroxyl groups is 1. The van der Waals surface area contributed by atoms with Crippen molar-refractivity contribution in [2.45, 2.75) is 19.4 Å². The predicted molar refractivity (Wildman–Crippen MR) is 72.6 cm³/mol. The van der Waals surface area contributed by atoms with Gasteiger partial charge in [-0.25, -0.2) is 0 Å². The lowest BCUT2D eigenvalue weighted by Crippen LogP contribution is -2.19. The van der Waals surface area contributed by atoms with Crippen molar-refractivity contribution >= 4 is 0 Å². The van der Waals surface area contributed by atoms with E-state index in [1.54, 1.807) is 12.1 Å². The number of phenols is 1. The third kappa shape index (κ3) is 2.87. The van der Waals surface area contributed by atoms with Crippen molar-refractivity contribution in [3.63, 3.8) is 0 Å². The highest BCUT2D eigenvalue weighted by Crippen LogP contribution is 2.21. The summed E-state index contributed by atoms with van der Waals surface area (Å²) >= 11 is 0. The minimum absolute atomic E-state index is 0.262. The van der Waals surface area contributed by atoms with Crippen molar-refractivity contribution in [1.29, 1.82) is 0 Å². The zero-order valence-electron chi connectivity index (χ0n) is 10.7. The van der Waals surface area contributed by atoms with E-state index in [9.17, 15) is 5.11 Å². The van der Waals surface area contributed by atoms with Gasteiger partial charge in [0.15, 0.2) is 0 Å². The van der Waals surface area contributed by atoms with Crippen LogP contribution in [0.3, 0.4) is 0 Å². The molecule has 0 bridgehead atoms. The van der Waals surface area contributed by atoms with Crippen LogP contribution in [0.5, 0.6) is 5.75 Å². The molecule has 2 aromatic rings. The average molecular weight is 242 g/mol. The van der Waals surface area contributed by atoms with Gasteiger partial charge in [-0.2, -0.15) is 0 Å². The van der Waals surface area contributed by atoms with E-state index >= 15 is 0 Å². The molecule has 0 saturated heterocycles. The largest absolute Gasteiger partial charge is 0.508 e. The Kier molecular flexibility index (Phi) is 3.95.